The number of hydrogen-bond donors (Lipinski definition) is 1. The molecule has 1 heterocycles. The number of carboxylic acids is 1. The molecule has 1 N–H and O–H groups in total. The van der Waals surface area contributed by atoms with Crippen molar-refractivity contribution in [2.24, 2.45) is 0 Å². The highest BCUT2D eigenvalue weighted by Gasteiger charge is 2.15. The van der Waals surface area contributed by atoms with Gasteiger partial charge in [0, 0.05) is 10.3 Å². The van der Waals surface area contributed by atoms with Gasteiger partial charge in [-0.05, 0) is 24.3 Å². The Labute approximate surface area is 130 Å². The highest BCUT2D eigenvalue weighted by Crippen LogP contribution is 2.35. The van der Waals surface area contributed by atoms with Gasteiger partial charge in [-0.2, -0.15) is 0 Å². The van der Waals surface area contributed by atoms with Crippen LogP contribution in [-0.2, 0) is 0 Å². The molecule has 2 aromatic carbocycles. The zero-order chi connectivity index (χ0) is 14.8. The summed E-state index contributed by atoms with van der Waals surface area (Å²) in [5.41, 5.74) is 0.940. The molecule has 21 heavy (non-hydrogen) atoms. The van der Waals surface area contributed by atoms with Crippen LogP contribution in [0.15, 0.2) is 64.5 Å². The molecule has 3 aromatic rings. The van der Waals surface area contributed by atoms with Crippen LogP contribution in [0.25, 0.3) is 10.9 Å². The van der Waals surface area contributed by atoms with Gasteiger partial charge in [-0.3, -0.25) is 0 Å². The van der Waals surface area contributed by atoms with Crippen molar-refractivity contribution in [1.82, 2.24) is 4.98 Å². The number of aromatic carboxylic acids is 1. The second-order valence-electron chi connectivity index (χ2n) is 4.37. The Morgan fingerprint density at radius 3 is 2.57 bits per heavy atom. The Morgan fingerprint density at radius 1 is 1.10 bits per heavy atom. The van der Waals surface area contributed by atoms with Gasteiger partial charge in [-0.25, -0.2) is 9.78 Å². The average molecular weight is 316 g/mol. The molecule has 0 atom stereocenters. The van der Waals surface area contributed by atoms with E-state index in [1.54, 1.807) is 12.1 Å². The Bertz CT molecular complexity index is 835. The molecule has 0 saturated carbocycles. The Morgan fingerprint density at radius 2 is 1.81 bits per heavy atom. The minimum absolute atomic E-state index is 0.179. The summed E-state index contributed by atoms with van der Waals surface area (Å²) in [6, 6.07) is 16.4. The minimum atomic E-state index is -0.997. The first kappa shape index (κ1) is 13.9. The maximum atomic E-state index is 11.5. The molecule has 0 amide bonds. The molecule has 0 spiro atoms. The fourth-order valence-corrected chi connectivity index (χ4v) is 3.13. The molecule has 0 unspecified atom stereocenters. The molecule has 0 aliphatic rings. The third-order valence-electron chi connectivity index (χ3n) is 2.96. The first-order valence-electron chi connectivity index (χ1n) is 6.20. The monoisotopic (exact) mass is 315 g/mol. The van der Waals surface area contributed by atoms with Crippen LogP contribution in [0.3, 0.4) is 0 Å². The normalized spacial score (nSPS) is 10.7. The molecule has 0 saturated heterocycles. The molecular weight excluding hydrogens is 306 g/mol. The summed E-state index contributed by atoms with van der Waals surface area (Å²) in [6.07, 6.45) is 0. The van der Waals surface area contributed by atoms with Crippen molar-refractivity contribution in [2.75, 3.05) is 0 Å². The predicted octanol–water partition coefficient (Wildman–Crippen LogP) is 4.74. The molecule has 3 nitrogen and oxygen atoms in total. The lowest BCUT2D eigenvalue weighted by Crippen LogP contribution is -2.01. The molecular formula is C16H10ClNO2S. The summed E-state index contributed by atoms with van der Waals surface area (Å²) in [6.45, 7) is 0. The van der Waals surface area contributed by atoms with Gasteiger partial charge in [0.1, 0.15) is 5.03 Å². The van der Waals surface area contributed by atoms with Gasteiger partial charge >= 0.3 is 5.97 Å². The van der Waals surface area contributed by atoms with Gasteiger partial charge in [-0.15, -0.1) is 0 Å². The molecule has 1 aromatic heterocycles. The Hall–Kier alpha value is -2.04. The summed E-state index contributed by atoms with van der Waals surface area (Å²) in [4.78, 5) is 16.7. The fourth-order valence-electron chi connectivity index (χ4n) is 1.96. The van der Waals surface area contributed by atoms with Gasteiger partial charge in [-0.1, -0.05) is 53.7 Å². The van der Waals surface area contributed by atoms with Gasteiger partial charge in [0.25, 0.3) is 0 Å². The zero-order valence-electron chi connectivity index (χ0n) is 10.8. The molecule has 104 valence electrons. The first-order valence-corrected chi connectivity index (χ1v) is 7.40. The SMILES string of the molecule is O=C(O)c1cc2ccccc2nc1Sc1ccccc1Cl. The van der Waals surface area contributed by atoms with Gasteiger partial charge in [0.05, 0.1) is 16.1 Å². The average Bonchev–Trinajstić information content (AvgIpc) is 2.48. The number of carboxylic acid groups (broad SMARTS) is 1. The van der Waals surface area contributed by atoms with Gasteiger partial charge in [0.15, 0.2) is 0 Å². The number of hydrogen-bond acceptors (Lipinski definition) is 3. The summed E-state index contributed by atoms with van der Waals surface area (Å²) < 4.78 is 0. The van der Waals surface area contributed by atoms with Gasteiger partial charge < -0.3 is 5.11 Å². The van der Waals surface area contributed by atoms with Crippen LogP contribution < -0.4 is 0 Å². The van der Waals surface area contributed by atoms with Gasteiger partial charge in [0.2, 0.25) is 0 Å². The van der Waals surface area contributed by atoms with E-state index in [9.17, 15) is 9.90 Å². The maximum Gasteiger partial charge on any atom is 0.338 e. The van der Waals surface area contributed by atoms with E-state index >= 15 is 0 Å². The number of fused-ring (bicyclic) bond motifs is 1. The lowest BCUT2D eigenvalue weighted by Gasteiger charge is -2.08. The van der Waals surface area contributed by atoms with E-state index in [1.807, 2.05) is 42.5 Å². The molecule has 3 rings (SSSR count). The maximum absolute atomic E-state index is 11.5. The number of aromatic nitrogens is 1. The topological polar surface area (TPSA) is 50.2 Å². The van der Waals surface area contributed by atoms with E-state index in [4.69, 9.17) is 11.6 Å². The largest absolute Gasteiger partial charge is 0.478 e. The van der Waals surface area contributed by atoms with E-state index in [0.717, 1.165) is 15.8 Å². The quantitative estimate of drug-likeness (QED) is 0.758. The lowest BCUT2D eigenvalue weighted by atomic mass is 10.1. The highest BCUT2D eigenvalue weighted by atomic mass is 35.5. The van der Waals surface area contributed by atoms with Crippen LogP contribution >= 0.6 is 23.4 Å². The standard InChI is InChI=1S/C16H10ClNO2S/c17-12-6-2-4-8-14(12)21-15-11(16(19)20)9-10-5-1-3-7-13(10)18-15/h1-9H,(H,19,20). The molecule has 0 radical (unpaired) electrons. The van der Waals surface area contributed by atoms with Crippen LogP contribution in [0, 0.1) is 0 Å². The summed E-state index contributed by atoms with van der Waals surface area (Å²) >= 11 is 7.39. The van der Waals surface area contributed by atoms with Crippen LogP contribution in [0.5, 0.6) is 0 Å². The smallest absolute Gasteiger partial charge is 0.338 e. The first-order chi connectivity index (χ1) is 10.1. The number of pyridine rings is 1. The molecule has 0 fully saturated rings. The second kappa shape index (κ2) is 5.76. The van der Waals surface area contributed by atoms with Crippen molar-refractivity contribution in [2.45, 2.75) is 9.92 Å². The minimum Gasteiger partial charge on any atom is -0.478 e. The zero-order valence-corrected chi connectivity index (χ0v) is 12.4. The van der Waals surface area contributed by atoms with E-state index in [2.05, 4.69) is 4.98 Å². The van der Waals surface area contributed by atoms with Crippen molar-refractivity contribution in [1.29, 1.82) is 0 Å². The number of benzene rings is 2. The van der Waals surface area contributed by atoms with Crippen molar-refractivity contribution in [3.05, 3.63) is 65.2 Å². The summed E-state index contributed by atoms with van der Waals surface area (Å²) in [5.74, 6) is -0.997. The highest BCUT2D eigenvalue weighted by molar-refractivity contribution is 7.99. The van der Waals surface area contributed by atoms with Crippen molar-refractivity contribution >= 4 is 40.2 Å². The van der Waals surface area contributed by atoms with E-state index in [-0.39, 0.29) is 5.56 Å². The Balaban J connectivity index is 2.14. The fraction of sp³-hybridized carbons (Fsp3) is 0. The molecule has 0 bridgehead atoms. The second-order valence-corrected chi connectivity index (χ2v) is 5.81. The van der Waals surface area contributed by atoms with E-state index in [1.165, 1.54) is 11.8 Å². The predicted molar refractivity (Wildman–Crippen MR) is 84.3 cm³/mol. The summed E-state index contributed by atoms with van der Waals surface area (Å²) in [5, 5.41) is 11.2. The van der Waals surface area contributed by atoms with Crippen molar-refractivity contribution < 1.29 is 9.90 Å². The number of nitrogens with zero attached hydrogens (tertiary/aromatic N) is 1. The number of halogens is 1. The van der Waals surface area contributed by atoms with Crippen LogP contribution in [0.4, 0.5) is 0 Å². The third kappa shape index (κ3) is 2.86. The van der Waals surface area contributed by atoms with Crippen LogP contribution in [0.2, 0.25) is 5.02 Å². The van der Waals surface area contributed by atoms with Crippen molar-refractivity contribution in [3.8, 4) is 0 Å². The molecule has 0 aliphatic heterocycles. The lowest BCUT2D eigenvalue weighted by molar-refractivity contribution is 0.0692. The van der Waals surface area contributed by atoms with Crippen molar-refractivity contribution in [3.63, 3.8) is 0 Å². The molecule has 0 aliphatic carbocycles. The molecule has 5 heteroatoms. The van der Waals surface area contributed by atoms with Crippen LogP contribution in [-0.4, -0.2) is 16.1 Å². The van der Waals surface area contributed by atoms with Crippen LogP contribution in [0.1, 0.15) is 10.4 Å². The number of rotatable bonds is 3. The summed E-state index contributed by atoms with van der Waals surface area (Å²) in [7, 11) is 0. The Kier molecular flexibility index (Phi) is 3.82. The third-order valence-corrected chi connectivity index (χ3v) is 4.48. The number of carbonyl (C=O) groups is 1. The number of para-hydroxylation sites is 1. The van der Waals surface area contributed by atoms with E-state index in [0.29, 0.717) is 10.0 Å². The van der Waals surface area contributed by atoms with E-state index < -0.39 is 5.97 Å².